The lowest BCUT2D eigenvalue weighted by molar-refractivity contribution is 0.744. The summed E-state index contributed by atoms with van der Waals surface area (Å²) in [5.41, 5.74) is 3.81. The molecule has 5 rings (SSSR count). The Bertz CT molecular complexity index is 1440. The number of benzene rings is 1. The minimum Gasteiger partial charge on any atom is -0.351 e. The van der Waals surface area contributed by atoms with E-state index in [9.17, 15) is 10.1 Å². The van der Waals surface area contributed by atoms with Crippen molar-refractivity contribution in [2.24, 2.45) is 7.05 Å². The number of nitrogens with zero attached hydrogens (tertiary/aromatic N) is 6. The van der Waals surface area contributed by atoms with Gasteiger partial charge in [0.2, 0.25) is 5.95 Å². The van der Waals surface area contributed by atoms with Gasteiger partial charge in [-0.1, -0.05) is 30.5 Å². The van der Waals surface area contributed by atoms with Crippen LogP contribution in [0.4, 0.5) is 5.95 Å². The van der Waals surface area contributed by atoms with E-state index in [4.69, 9.17) is 11.6 Å². The van der Waals surface area contributed by atoms with E-state index in [1.165, 1.54) is 17.4 Å². The van der Waals surface area contributed by atoms with E-state index >= 15 is 0 Å². The first-order valence-electron chi connectivity index (χ1n) is 11.1. The predicted octanol–water partition coefficient (Wildman–Crippen LogP) is 4.57. The molecule has 1 fully saturated rings. The van der Waals surface area contributed by atoms with Crippen molar-refractivity contribution >= 4 is 17.5 Å². The Morgan fingerprint density at radius 3 is 2.59 bits per heavy atom. The Balaban J connectivity index is 1.53. The number of hydrogen-bond acceptors (Lipinski definition) is 6. The Kier molecular flexibility index (Phi) is 5.86. The van der Waals surface area contributed by atoms with Gasteiger partial charge in [-0.15, -0.1) is 0 Å². The summed E-state index contributed by atoms with van der Waals surface area (Å²) in [5.74, 6) is 0.596. The third-order valence-electron chi connectivity index (χ3n) is 6.12. The van der Waals surface area contributed by atoms with Gasteiger partial charge in [-0.05, 0) is 30.5 Å². The third-order valence-corrected chi connectivity index (χ3v) is 6.44. The van der Waals surface area contributed by atoms with Crippen molar-refractivity contribution in [2.75, 3.05) is 5.32 Å². The molecular weight excluding hydrogens is 450 g/mol. The monoisotopic (exact) mass is 471 g/mol. The lowest BCUT2D eigenvalue weighted by atomic mass is 10.0. The molecule has 0 amide bonds. The molecule has 0 bridgehead atoms. The first-order valence-corrected chi connectivity index (χ1v) is 11.4. The van der Waals surface area contributed by atoms with Crippen molar-refractivity contribution in [3.63, 3.8) is 0 Å². The van der Waals surface area contributed by atoms with Crippen molar-refractivity contribution in [2.45, 2.75) is 31.7 Å². The minimum absolute atomic E-state index is 0.138. The molecule has 0 radical (unpaired) electrons. The van der Waals surface area contributed by atoms with Crippen LogP contribution in [-0.4, -0.2) is 30.4 Å². The molecule has 0 spiro atoms. The van der Waals surface area contributed by atoms with Gasteiger partial charge in [0.1, 0.15) is 6.07 Å². The van der Waals surface area contributed by atoms with E-state index in [1.807, 2.05) is 6.20 Å². The standard InChI is InChI=1S/C25H22ClN7O/c1-32-15-21(17-13-30-33(14-17)23-8-4-7-22(26)20(23)10-27)19(9-24(32)34)16-11-28-25(29-12-16)31-18-5-2-3-6-18/h4,7-9,11-15,18H,2-3,5-6H2,1H3,(H,28,29,31). The highest BCUT2D eigenvalue weighted by Crippen LogP contribution is 2.32. The molecular formula is C25H22ClN7O. The maximum Gasteiger partial charge on any atom is 0.250 e. The van der Waals surface area contributed by atoms with Crippen LogP contribution in [0.15, 0.2) is 60.0 Å². The molecule has 0 unspecified atom stereocenters. The molecule has 1 aromatic carbocycles. The topological polar surface area (TPSA) is 101 Å². The average Bonchev–Trinajstić information content (AvgIpc) is 3.53. The molecule has 170 valence electrons. The summed E-state index contributed by atoms with van der Waals surface area (Å²) >= 11 is 6.19. The van der Waals surface area contributed by atoms with Crippen LogP contribution in [0.5, 0.6) is 0 Å². The normalized spacial score (nSPS) is 13.7. The molecule has 9 heteroatoms. The van der Waals surface area contributed by atoms with Crippen LogP contribution in [0, 0.1) is 11.3 Å². The van der Waals surface area contributed by atoms with E-state index in [1.54, 1.807) is 60.8 Å². The van der Waals surface area contributed by atoms with Gasteiger partial charge >= 0.3 is 0 Å². The average molecular weight is 472 g/mol. The first-order chi connectivity index (χ1) is 16.5. The highest BCUT2D eigenvalue weighted by atomic mass is 35.5. The van der Waals surface area contributed by atoms with E-state index in [0.717, 1.165) is 29.5 Å². The zero-order valence-corrected chi connectivity index (χ0v) is 19.3. The number of aromatic nitrogens is 5. The second kappa shape index (κ2) is 9.12. The zero-order valence-electron chi connectivity index (χ0n) is 18.6. The highest BCUT2D eigenvalue weighted by molar-refractivity contribution is 6.32. The number of rotatable bonds is 5. The molecule has 0 aliphatic heterocycles. The second-order valence-electron chi connectivity index (χ2n) is 8.39. The molecule has 34 heavy (non-hydrogen) atoms. The molecule has 3 aromatic heterocycles. The Labute approximate surface area is 201 Å². The van der Waals surface area contributed by atoms with Gasteiger partial charge in [0, 0.05) is 60.6 Å². The molecule has 8 nitrogen and oxygen atoms in total. The van der Waals surface area contributed by atoms with E-state index in [0.29, 0.717) is 33.8 Å². The molecule has 1 aliphatic carbocycles. The Morgan fingerprint density at radius 2 is 1.85 bits per heavy atom. The van der Waals surface area contributed by atoms with Crippen LogP contribution in [0.25, 0.3) is 27.9 Å². The van der Waals surface area contributed by atoms with Crippen molar-refractivity contribution in [3.8, 4) is 34.0 Å². The van der Waals surface area contributed by atoms with Crippen molar-refractivity contribution in [1.82, 2.24) is 24.3 Å². The molecule has 1 N–H and O–H groups in total. The summed E-state index contributed by atoms with van der Waals surface area (Å²) in [5, 5.41) is 17.7. The lowest BCUT2D eigenvalue weighted by Gasteiger charge is -2.13. The van der Waals surface area contributed by atoms with Crippen LogP contribution < -0.4 is 10.9 Å². The lowest BCUT2D eigenvalue weighted by Crippen LogP contribution is -2.17. The van der Waals surface area contributed by atoms with E-state index < -0.39 is 0 Å². The van der Waals surface area contributed by atoms with Gasteiger partial charge in [0.15, 0.2) is 0 Å². The third kappa shape index (κ3) is 4.18. The Hall–Kier alpha value is -3.96. The van der Waals surface area contributed by atoms with Gasteiger partial charge < -0.3 is 9.88 Å². The number of hydrogen-bond donors (Lipinski definition) is 1. The number of pyridine rings is 1. The van der Waals surface area contributed by atoms with E-state index in [-0.39, 0.29) is 5.56 Å². The summed E-state index contributed by atoms with van der Waals surface area (Å²) in [6.07, 6.45) is 13.5. The smallest absolute Gasteiger partial charge is 0.250 e. The second-order valence-corrected chi connectivity index (χ2v) is 8.80. The molecule has 4 aromatic rings. The molecule has 0 atom stereocenters. The summed E-state index contributed by atoms with van der Waals surface area (Å²) in [7, 11) is 1.70. The van der Waals surface area contributed by atoms with Gasteiger partial charge in [0.05, 0.1) is 22.5 Å². The fourth-order valence-electron chi connectivity index (χ4n) is 4.30. The fraction of sp³-hybridized carbons (Fsp3) is 0.240. The summed E-state index contributed by atoms with van der Waals surface area (Å²) in [6.45, 7) is 0. The SMILES string of the molecule is Cn1cc(-c2cnn(-c3cccc(Cl)c3C#N)c2)c(-c2cnc(NC3CCCC3)nc2)cc1=O. The maximum absolute atomic E-state index is 12.5. The first kappa shape index (κ1) is 21.9. The molecule has 3 heterocycles. The Morgan fingerprint density at radius 1 is 1.09 bits per heavy atom. The molecule has 0 saturated heterocycles. The van der Waals surface area contributed by atoms with Gasteiger partial charge in [-0.3, -0.25) is 4.79 Å². The highest BCUT2D eigenvalue weighted by Gasteiger charge is 2.17. The number of anilines is 1. The number of nitriles is 1. The van der Waals surface area contributed by atoms with Gasteiger partial charge in [-0.2, -0.15) is 10.4 Å². The summed E-state index contributed by atoms with van der Waals surface area (Å²) in [4.78, 5) is 21.5. The van der Waals surface area contributed by atoms with Crippen LogP contribution in [-0.2, 0) is 7.05 Å². The largest absolute Gasteiger partial charge is 0.351 e. The predicted molar refractivity (Wildman–Crippen MR) is 131 cm³/mol. The fourth-order valence-corrected chi connectivity index (χ4v) is 4.51. The van der Waals surface area contributed by atoms with Crippen LogP contribution in [0.1, 0.15) is 31.2 Å². The maximum atomic E-state index is 12.5. The summed E-state index contributed by atoms with van der Waals surface area (Å²) < 4.78 is 3.13. The molecule has 1 saturated carbocycles. The van der Waals surface area contributed by atoms with Crippen LogP contribution in [0.3, 0.4) is 0 Å². The molecule has 1 aliphatic rings. The van der Waals surface area contributed by atoms with Crippen molar-refractivity contribution in [1.29, 1.82) is 5.26 Å². The van der Waals surface area contributed by atoms with Crippen molar-refractivity contribution in [3.05, 3.63) is 76.2 Å². The summed E-state index contributed by atoms with van der Waals surface area (Å²) in [6, 6.07) is 9.36. The van der Waals surface area contributed by atoms with Crippen LogP contribution >= 0.6 is 11.6 Å². The van der Waals surface area contributed by atoms with Gasteiger partial charge in [0.25, 0.3) is 5.56 Å². The van der Waals surface area contributed by atoms with E-state index in [2.05, 4.69) is 26.5 Å². The number of halogens is 1. The number of nitrogens with one attached hydrogen (secondary N) is 1. The van der Waals surface area contributed by atoms with Crippen LogP contribution in [0.2, 0.25) is 5.02 Å². The zero-order chi connectivity index (χ0) is 23.7. The number of aryl methyl sites for hydroxylation is 1. The quantitative estimate of drug-likeness (QED) is 0.457. The minimum atomic E-state index is -0.138. The van der Waals surface area contributed by atoms with Gasteiger partial charge in [-0.25, -0.2) is 14.6 Å². The van der Waals surface area contributed by atoms with Crippen molar-refractivity contribution < 1.29 is 0 Å².